The number of carbonyl (C=O) groups is 1. The Morgan fingerprint density at radius 2 is 1.86 bits per heavy atom. The molecule has 0 spiro atoms. The molecule has 0 radical (unpaired) electrons. The van der Waals surface area contributed by atoms with Crippen LogP contribution >= 0.6 is 27.5 Å². The van der Waals surface area contributed by atoms with E-state index in [1.807, 2.05) is 20.8 Å². The number of alkyl carbamates (subject to hydrolysis) is 1. The first-order valence-corrected chi connectivity index (χ1v) is 13.3. The van der Waals surface area contributed by atoms with Crippen molar-refractivity contribution < 1.29 is 18.7 Å². The maximum absolute atomic E-state index is 12.2. The van der Waals surface area contributed by atoms with Crippen molar-refractivity contribution in [1.29, 1.82) is 0 Å². The summed E-state index contributed by atoms with van der Waals surface area (Å²) in [5.74, 6) is 0.541. The van der Waals surface area contributed by atoms with Crippen molar-refractivity contribution in [3.8, 4) is 5.75 Å². The zero-order valence-electron chi connectivity index (χ0n) is 18.0. The molecule has 0 aliphatic rings. The number of carbonyl (C=O) groups excluding carboxylic acids is 1. The molecular formula is C19H32BrClN2O4Si. The Morgan fingerprint density at radius 1 is 1.25 bits per heavy atom. The van der Waals surface area contributed by atoms with Crippen LogP contribution in [0, 0.1) is 0 Å². The monoisotopic (exact) mass is 494 g/mol. The molecule has 0 fully saturated rings. The van der Waals surface area contributed by atoms with Gasteiger partial charge in [-0.15, -0.1) is 0 Å². The van der Waals surface area contributed by atoms with E-state index in [1.54, 1.807) is 6.07 Å². The number of nitrogens with one attached hydrogen (secondary N) is 1. The van der Waals surface area contributed by atoms with Crippen molar-refractivity contribution in [3.05, 3.63) is 21.9 Å². The minimum absolute atomic E-state index is 0.0648. The molecule has 0 aliphatic carbocycles. The molecule has 1 rings (SSSR count). The highest BCUT2D eigenvalue weighted by atomic mass is 79.9. The highest BCUT2D eigenvalue weighted by Crippen LogP contribution is 2.36. The van der Waals surface area contributed by atoms with Gasteiger partial charge in [-0.05, 0) is 60.9 Å². The number of hydrogen-bond donors (Lipinski definition) is 1. The quantitative estimate of drug-likeness (QED) is 0.383. The fraction of sp³-hybridized carbons (Fsp3) is 0.684. The van der Waals surface area contributed by atoms with Crippen molar-refractivity contribution in [2.45, 2.75) is 71.3 Å². The molecule has 0 aromatic carbocycles. The molecule has 1 amide bonds. The second-order valence-electron chi connectivity index (χ2n) is 9.17. The van der Waals surface area contributed by atoms with Gasteiger partial charge in [-0.25, -0.2) is 9.78 Å². The van der Waals surface area contributed by atoms with Crippen LogP contribution in [0.25, 0.3) is 0 Å². The van der Waals surface area contributed by atoms with E-state index < -0.39 is 20.0 Å². The van der Waals surface area contributed by atoms with E-state index in [-0.39, 0.29) is 17.7 Å². The SMILES string of the molecule is CC(C)(C)OC(=O)N[C@H](COc1cnc(Cl)c(Br)c1)CO[Si](C)(C)C(C)(C)C. The molecule has 28 heavy (non-hydrogen) atoms. The summed E-state index contributed by atoms with van der Waals surface area (Å²) in [7, 11) is -1.98. The summed E-state index contributed by atoms with van der Waals surface area (Å²) in [5, 5.41) is 3.27. The Bertz CT molecular complexity index is 675. The van der Waals surface area contributed by atoms with Crippen LogP contribution < -0.4 is 10.1 Å². The van der Waals surface area contributed by atoms with E-state index >= 15 is 0 Å². The molecule has 0 saturated heterocycles. The normalized spacial score (nSPS) is 13.8. The van der Waals surface area contributed by atoms with Crippen molar-refractivity contribution in [1.82, 2.24) is 10.3 Å². The van der Waals surface area contributed by atoms with Gasteiger partial charge in [0.15, 0.2) is 8.32 Å². The molecule has 1 aromatic heterocycles. The molecule has 160 valence electrons. The van der Waals surface area contributed by atoms with Crippen LogP contribution in [0.5, 0.6) is 5.75 Å². The zero-order valence-corrected chi connectivity index (χ0v) is 21.3. The fourth-order valence-electron chi connectivity index (χ4n) is 1.81. The highest BCUT2D eigenvalue weighted by molar-refractivity contribution is 9.10. The maximum atomic E-state index is 12.2. The van der Waals surface area contributed by atoms with E-state index in [1.165, 1.54) is 6.20 Å². The summed E-state index contributed by atoms with van der Waals surface area (Å²) in [6.45, 7) is 16.8. The smallest absolute Gasteiger partial charge is 0.408 e. The molecule has 1 aromatic rings. The van der Waals surface area contributed by atoms with Crippen LogP contribution in [0.2, 0.25) is 23.3 Å². The Labute approximate surface area is 182 Å². The molecular weight excluding hydrogens is 464 g/mol. The second-order valence-corrected chi connectivity index (χ2v) is 15.2. The van der Waals surface area contributed by atoms with Crippen molar-refractivity contribution in [2.24, 2.45) is 0 Å². The number of halogens is 2. The van der Waals surface area contributed by atoms with Gasteiger partial charge in [-0.1, -0.05) is 32.4 Å². The Kier molecular flexibility index (Phi) is 8.80. The first-order chi connectivity index (χ1) is 12.6. The molecule has 0 bridgehead atoms. The summed E-state index contributed by atoms with van der Waals surface area (Å²) < 4.78 is 18.1. The van der Waals surface area contributed by atoms with Crippen LogP contribution in [-0.4, -0.2) is 44.3 Å². The Morgan fingerprint density at radius 3 is 2.36 bits per heavy atom. The van der Waals surface area contributed by atoms with Gasteiger partial charge in [0.25, 0.3) is 0 Å². The Hall–Kier alpha value is -0.833. The summed E-state index contributed by atoms with van der Waals surface area (Å²) in [6, 6.07) is 1.35. The van der Waals surface area contributed by atoms with E-state index in [9.17, 15) is 4.79 Å². The van der Waals surface area contributed by atoms with Gasteiger partial charge in [0, 0.05) is 0 Å². The molecule has 1 atom stereocenters. The lowest BCUT2D eigenvalue weighted by Gasteiger charge is -2.37. The van der Waals surface area contributed by atoms with E-state index in [0.717, 1.165) is 0 Å². The molecule has 1 N–H and O–H groups in total. The lowest BCUT2D eigenvalue weighted by molar-refractivity contribution is 0.0461. The number of rotatable bonds is 7. The molecule has 0 unspecified atom stereocenters. The highest BCUT2D eigenvalue weighted by Gasteiger charge is 2.38. The number of aromatic nitrogens is 1. The van der Waals surface area contributed by atoms with E-state index in [0.29, 0.717) is 22.0 Å². The molecule has 0 saturated carbocycles. The average Bonchev–Trinajstić information content (AvgIpc) is 2.50. The van der Waals surface area contributed by atoms with Gasteiger partial charge in [-0.3, -0.25) is 0 Å². The standard InChI is InChI=1S/C19H32BrClN2O4Si/c1-18(2,3)27-17(24)23-13(12-26-28(7,8)19(4,5)6)11-25-14-9-15(20)16(21)22-10-14/h9-10,13H,11-12H2,1-8H3,(H,23,24)/t13-/m1/s1. The topological polar surface area (TPSA) is 69.7 Å². The van der Waals surface area contributed by atoms with E-state index in [4.69, 9.17) is 25.5 Å². The van der Waals surface area contributed by atoms with Crippen molar-refractivity contribution in [2.75, 3.05) is 13.2 Å². The molecule has 0 aliphatic heterocycles. The summed E-state index contributed by atoms with van der Waals surface area (Å²) in [4.78, 5) is 16.3. The summed E-state index contributed by atoms with van der Waals surface area (Å²) in [5.41, 5.74) is -0.583. The second kappa shape index (κ2) is 9.78. The van der Waals surface area contributed by atoms with Crippen LogP contribution in [0.3, 0.4) is 0 Å². The lowest BCUT2D eigenvalue weighted by atomic mass is 10.2. The molecule has 6 nitrogen and oxygen atoms in total. The molecule has 9 heteroatoms. The average molecular weight is 496 g/mol. The number of ether oxygens (including phenoxy) is 2. The van der Waals surface area contributed by atoms with Crippen molar-refractivity contribution in [3.63, 3.8) is 0 Å². The minimum Gasteiger partial charge on any atom is -0.490 e. The van der Waals surface area contributed by atoms with Gasteiger partial charge >= 0.3 is 6.09 Å². The predicted octanol–water partition coefficient (Wildman–Crippen LogP) is 5.79. The van der Waals surface area contributed by atoms with Gasteiger partial charge in [0.2, 0.25) is 0 Å². The van der Waals surface area contributed by atoms with Crippen LogP contribution in [-0.2, 0) is 9.16 Å². The number of hydrogen-bond acceptors (Lipinski definition) is 5. The zero-order chi connectivity index (χ0) is 21.8. The largest absolute Gasteiger partial charge is 0.490 e. The summed E-state index contributed by atoms with van der Waals surface area (Å²) >= 11 is 9.24. The van der Waals surface area contributed by atoms with Gasteiger partial charge in [0.05, 0.1) is 23.3 Å². The van der Waals surface area contributed by atoms with Crippen LogP contribution in [0.4, 0.5) is 4.79 Å². The van der Waals surface area contributed by atoms with Gasteiger partial charge in [0.1, 0.15) is 23.1 Å². The summed E-state index contributed by atoms with van der Waals surface area (Å²) in [6.07, 6.45) is 1.03. The van der Waals surface area contributed by atoms with Crippen LogP contribution in [0.1, 0.15) is 41.5 Å². The third-order valence-electron chi connectivity index (χ3n) is 4.39. The Balaban J connectivity index is 2.81. The lowest BCUT2D eigenvalue weighted by Crippen LogP contribution is -2.49. The van der Waals surface area contributed by atoms with Gasteiger partial charge in [-0.2, -0.15) is 0 Å². The van der Waals surface area contributed by atoms with E-state index in [2.05, 4.69) is 60.1 Å². The minimum atomic E-state index is -1.98. The first kappa shape index (κ1) is 25.2. The molecule has 1 heterocycles. The fourth-order valence-corrected chi connectivity index (χ4v) is 3.29. The van der Waals surface area contributed by atoms with Crippen LogP contribution in [0.15, 0.2) is 16.7 Å². The van der Waals surface area contributed by atoms with Gasteiger partial charge < -0.3 is 19.2 Å². The number of pyridine rings is 1. The first-order valence-electron chi connectivity index (χ1n) is 9.18. The predicted molar refractivity (Wildman–Crippen MR) is 119 cm³/mol. The maximum Gasteiger partial charge on any atom is 0.408 e. The number of amides is 1. The number of nitrogens with zero attached hydrogens (tertiary/aromatic N) is 1. The van der Waals surface area contributed by atoms with Crippen molar-refractivity contribution >= 4 is 41.9 Å². The third kappa shape index (κ3) is 8.67. The third-order valence-corrected chi connectivity index (χ3v) is 10.0.